The molecule has 0 spiro atoms. The predicted octanol–water partition coefficient (Wildman–Crippen LogP) is 3.04. The Labute approximate surface area is 147 Å². The first-order valence-electron chi connectivity index (χ1n) is 8.48. The first kappa shape index (κ1) is 17.2. The Bertz CT molecular complexity index is 767. The van der Waals surface area contributed by atoms with E-state index in [4.69, 9.17) is 4.74 Å². The topological polar surface area (TPSA) is 67.4 Å². The molecule has 3 rings (SSSR count). The van der Waals surface area contributed by atoms with Crippen molar-refractivity contribution in [3.63, 3.8) is 0 Å². The van der Waals surface area contributed by atoms with Crippen LogP contribution in [-0.4, -0.2) is 24.5 Å². The minimum Gasteiger partial charge on any atom is -0.368 e. The van der Waals surface area contributed by atoms with E-state index in [0.717, 1.165) is 24.0 Å². The largest absolute Gasteiger partial charge is 0.368 e. The Balaban J connectivity index is 1.60. The Hall–Kier alpha value is -2.66. The lowest BCUT2D eigenvalue weighted by atomic mass is 10.1. The molecule has 130 valence electrons. The van der Waals surface area contributed by atoms with E-state index in [0.29, 0.717) is 24.4 Å². The van der Waals surface area contributed by atoms with Crippen LogP contribution in [0.5, 0.6) is 0 Å². The van der Waals surface area contributed by atoms with Gasteiger partial charge in [0.1, 0.15) is 6.10 Å². The van der Waals surface area contributed by atoms with Gasteiger partial charge in [-0.3, -0.25) is 9.59 Å². The number of aryl methyl sites for hydroxylation is 1. The zero-order valence-corrected chi connectivity index (χ0v) is 14.2. The molecule has 2 amide bonds. The highest BCUT2D eigenvalue weighted by Gasteiger charge is 2.23. The van der Waals surface area contributed by atoms with Crippen LogP contribution in [0.2, 0.25) is 0 Å². The zero-order chi connectivity index (χ0) is 17.6. The van der Waals surface area contributed by atoms with Gasteiger partial charge in [0.05, 0.1) is 0 Å². The van der Waals surface area contributed by atoms with Crippen LogP contribution in [-0.2, 0) is 16.1 Å². The molecule has 0 aromatic heterocycles. The van der Waals surface area contributed by atoms with Crippen LogP contribution in [0, 0.1) is 6.92 Å². The van der Waals surface area contributed by atoms with Crippen LogP contribution in [0.25, 0.3) is 0 Å². The van der Waals surface area contributed by atoms with Gasteiger partial charge in [-0.1, -0.05) is 35.9 Å². The second kappa shape index (κ2) is 7.94. The molecule has 1 atom stereocenters. The summed E-state index contributed by atoms with van der Waals surface area (Å²) >= 11 is 0. The van der Waals surface area contributed by atoms with Crippen LogP contribution in [0.4, 0.5) is 5.69 Å². The van der Waals surface area contributed by atoms with Crippen molar-refractivity contribution in [2.45, 2.75) is 32.4 Å². The summed E-state index contributed by atoms with van der Waals surface area (Å²) in [5.74, 6) is -0.329. The molecule has 2 aromatic rings. The Kier molecular flexibility index (Phi) is 5.46. The Morgan fingerprint density at radius 1 is 1.16 bits per heavy atom. The zero-order valence-electron chi connectivity index (χ0n) is 14.2. The molecular weight excluding hydrogens is 316 g/mol. The first-order chi connectivity index (χ1) is 12.1. The van der Waals surface area contributed by atoms with E-state index in [1.54, 1.807) is 24.3 Å². The van der Waals surface area contributed by atoms with Gasteiger partial charge in [-0.05, 0) is 43.5 Å². The number of hydrogen-bond acceptors (Lipinski definition) is 3. The van der Waals surface area contributed by atoms with Gasteiger partial charge in [0.15, 0.2) is 0 Å². The van der Waals surface area contributed by atoms with Crippen LogP contribution < -0.4 is 10.6 Å². The lowest BCUT2D eigenvalue weighted by Gasteiger charge is -2.11. The molecule has 25 heavy (non-hydrogen) atoms. The van der Waals surface area contributed by atoms with Crippen molar-refractivity contribution in [3.8, 4) is 0 Å². The molecule has 0 aliphatic carbocycles. The van der Waals surface area contributed by atoms with Crippen molar-refractivity contribution in [1.29, 1.82) is 0 Å². The maximum atomic E-state index is 12.3. The minimum atomic E-state index is -0.390. The summed E-state index contributed by atoms with van der Waals surface area (Å²) in [6.07, 6.45) is 1.25. The number of ether oxygens (including phenoxy) is 1. The number of rotatable bonds is 5. The average Bonchev–Trinajstić information content (AvgIpc) is 3.15. The predicted molar refractivity (Wildman–Crippen MR) is 96.4 cm³/mol. The number of amides is 2. The van der Waals surface area contributed by atoms with Crippen molar-refractivity contribution in [1.82, 2.24) is 5.32 Å². The molecule has 1 unspecified atom stereocenters. The molecule has 1 fully saturated rings. The number of benzene rings is 2. The van der Waals surface area contributed by atoms with Crippen LogP contribution in [0.3, 0.4) is 0 Å². The van der Waals surface area contributed by atoms with Crippen molar-refractivity contribution in [2.24, 2.45) is 0 Å². The fourth-order valence-corrected chi connectivity index (χ4v) is 2.85. The van der Waals surface area contributed by atoms with Crippen molar-refractivity contribution >= 4 is 17.5 Å². The summed E-state index contributed by atoms with van der Waals surface area (Å²) in [7, 11) is 0. The summed E-state index contributed by atoms with van der Waals surface area (Å²) < 4.78 is 5.37. The highest BCUT2D eigenvalue weighted by Crippen LogP contribution is 2.16. The molecule has 1 aliphatic rings. The van der Waals surface area contributed by atoms with Crippen molar-refractivity contribution < 1.29 is 14.3 Å². The summed E-state index contributed by atoms with van der Waals surface area (Å²) in [4.78, 5) is 24.5. The molecule has 5 nitrogen and oxygen atoms in total. The van der Waals surface area contributed by atoms with Gasteiger partial charge in [0.2, 0.25) is 0 Å². The van der Waals surface area contributed by atoms with Gasteiger partial charge in [-0.15, -0.1) is 0 Å². The third-order valence-corrected chi connectivity index (χ3v) is 4.15. The number of nitrogens with one attached hydrogen (secondary N) is 2. The number of anilines is 1. The second-order valence-corrected chi connectivity index (χ2v) is 6.24. The first-order valence-corrected chi connectivity index (χ1v) is 8.48. The SMILES string of the molecule is Cc1cccc(CNC(=O)c2cccc(NC(=O)C3CCCO3)c2)c1. The molecule has 1 saturated heterocycles. The number of carbonyl (C=O) groups excluding carboxylic acids is 2. The molecule has 1 heterocycles. The lowest BCUT2D eigenvalue weighted by molar-refractivity contribution is -0.124. The highest BCUT2D eigenvalue weighted by molar-refractivity contribution is 5.98. The van der Waals surface area contributed by atoms with Gasteiger partial charge < -0.3 is 15.4 Å². The monoisotopic (exact) mass is 338 g/mol. The molecule has 2 N–H and O–H groups in total. The summed E-state index contributed by atoms with van der Waals surface area (Å²) in [6.45, 7) is 3.11. The summed E-state index contributed by atoms with van der Waals surface area (Å²) in [6, 6.07) is 14.9. The van der Waals surface area contributed by atoms with Gasteiger partial charge in [0.25, 0.3) is 11.8 Å². The minimum absolute atomic E-state index is 0.158. The quantitative estimate of drug-likeness (QED) is 0.880. The lowest BCUT2D eigenvalue weighted by Crippen LogP contribution is -2.27. The van der Waals surface area contributed by atoms with E-state index < -0.39 is 0 Å². The third-order valence-electron chi connectivity index (χ3n) is 4.15. The molecule has 0 bridgehead atoms. The number of hydrogen-bond donors (Lipinski definition) is 2. The molecule has 2 aromatic carbocycles. The van der Waals surface area contributed by atoms with Crippen LogP contribution >= 0.6 is 0 Å². The van der Waals surface area contributed by atoms with E-state index in [1.807, 2.05) is 31.2 Å². The fourth-order valence-electron chi connectivity index (χ4n) is 2.85. The second-order valence-electron chi connectivity index (χ2n) is 6.24. The normalized spacial score (nSPS) is 16.4. The summed E-state index contributed by atoms with van der Waals surface area (Å²) in [5.41, 5.74) is 3.32. The van der Waals surface area contributed by atoms with Crippen molar-refractivity contribution in [3.05, 3.63) is 65.2 Å². The van der Waals surface area contributed by atoms with Gasteiger partial charge >= 0.3 is 0 Å². The van der Waals surface area contributed by atoms with Gasteiger partial charge in [0, 0.05) is 24.4 Å². The smallest absolute Gasteiger partial charge is 0.253 e. The maximum absolute atomic E-state index is 12.3. The van der Waals surface area contributed by atoms with E-state index in [1.165, 1.54) is 0 Å². The van der Waals surface area contributed by atoms with E-state index in [9.17, 15) is 9.59 Å². The van der Waals surface area contributed by atoms with E-state index in [2.05, 4.69) is 10.6 Å². The average molecular weight is 338 g/mol. The van der Waals surface area contributed by atoms with E-state index in [-0.39, 0.29) is 17.9 Å². The molecule has 0 radical (unpaired) electrons. The summed E-state index contributed by atoms with van der Waals surface area (Å²) in [5, 5.41) is 5.72. The van der Waals surface area contributed by atoms with Crippen LogP contribution in [0.1, 0.15) is 34.3 Å². The molecule has 5 heteroatoms. The third kappa shape index (κ3) is 4.67. The Morgan fingerprint density at radius 3 is 2.76 bits per heavy atom. The van der Waals surface area contributed by atoms with Gasteiger partial charge in [-0.25, -0.2) is 0 Å². The molecular formula is C20H22N2O3. The van der Waals surface area contributed by atoms with Gasteiger partial charge in [-0.2, -0.15) is 0 Å². The van der Waals surface area contributed by atoms with Crippen molar-refractivity contribution in [2.75, 3.05) is 11.9 Å². The van der Waals surface area contributed by atoms with Crippen LogP contribution in [0.15, 0.2) is 48.5 Å². The highest BCUT2D eigenvalue weighted by atomic mass is 16.5. The Morgan fingerprint density at radius 2 is 2.00 bits per heavy atom. The number of carbonyl (C=O) groups is 2. The van der Waals surface area contributed by atoms with E-state index >= 15 is 0 Å². The molecule has 1 aliphatic heterocycles. The maximum Gasteiger partial charge on any atom is 0.253 e. The standard InChI is InChI=1S/C20H22N2O3/c1-14-5-2-6-15(11-14)13-21-19(23)16-7-3-8-17(12-16)22-20(24)18-9-4-10-25-18/h2-3,5-8,11-12,18H,4,9-10,13H2,1H3,(H,21,23)(H,22,24). The fraction of sp³-hybridized carbons (Fsp3) is 0.300. The molecule has 0 saturated carbocycles.